The molecule has 8 heteroatoms. The molecule has 0 atom stereocenters. The molecule has 0 aromatic carbocycles. The second kappa shape index (κ2) is 8.89. The molecule has 0 heterocycles. The molecule has 0 aromatic rings. The third-order valence-corrected chi connectivity index (χ3v) is 2.02. The van der Waals surface area contributed by atoms with Gasteiger partial charge in [-0.2, -0.15) is 0 Å². The number of amides is 1. The van der Waals surface area contributed by atoms with Gasteiger partial charge in [-0.1, -0.05) is 0 Å². The van der Waals surface area contributed by atoms with Crippen LogP contribution in [0.3, 0.4) is 0 Å². The average Bonchev–Trinajstić information content (AvgIpc) is 1.88. The van der Waals surface area contributed by atoms with Crippen molar-refractivity contribution in [3.05, 3.63) is 0 Å². The molecule has 0 unspecified atom stereocenters. The van der Waals surface area contributed by atoms with E-state index in [4.69, 9.17) is 0 Å². The molecule has 1 amide bonds. The van der Waals surface area contributed by atoms with Gasteiger partial charge in [-0.05, 0) is 13.8 Å². The summed E-state index contributed by atoms with van der Waals surface area (Å²) in [6.45, 7) is 3.70. The average molecular weight is 225 g/mol. The van der Waals surface area contributed by atoms with Crippen molar-refractivity contribution in [2.24, 2.45) is 0 Å². The van der Waals surface area contributed by atoms with Crippen molar-refractivity contribution in [1.29, 1.82) is 0 Å². The van der Waals surface area contributed by atoms with E-state index in [0.29, 0.717) is 0 Å². The fourth-order valence-electron chi connectivity index (χ4n) is 0.667. The molecule has 0 aliphatic carbocycles. The molecule has 0 saturated heterocycles. The van der Waals surface area contributed by atoms with E-state index < -0.39 is 13.2 Å². The van der Waals surface area contributed by atoms with Crippen molar-refractivity contribution in [2.45, 2.75) is 13.8 Å². The van der Waals surface area contributed by atoms with Crippen molar-refractivity contribution < 1.29 is 78.3 Å². The standard InChI is InChI=1S/C5H12NO4P.2Na/c1-3-6(4-2)5(7)11(8,9)10;;/h3-4H2,1-2H3,(H2,8,9,10);;/q;2*+1/p-2. The van der Waals surface area contributed by atoms with Crippen molar-refractivity contribution in [3.8, 4) is 0 Å². The van der Waals surface area contributed by atoms with Gasteiger partial charge in [0.05, 0.1) is 0 Å². The minimum atomic E-state index is -5.06. The summed E-state index contributed by atoms with van der Waals surface area (Å²) in [5.74, 6) is 0. The number of hydrogen-bond acceptors (Lipinski definition) is 4. The summed E-state index contributed by atoms with van der Waals surface area (Å²) in [6, 6.07) is 0. The van der Waals surface area contributed by atoms with E-state index in [1.165, 1.54) is 0 Å². The van der Waals surface area contributed by atoms with Crippen LogP contribution in [-0.4, -0.2) is 23.6 Å². The molecule has 13 heavy (non-hydrogen) atoms. The summed E-state index contributed by atoms with van der Waals surface area (Å²) < 4.78 is 10.2. The molecule has 0 bridgehead atoms. The summed E-state index contributed by atoms with van der Waals surface area (Å²) in [4.78, 5) is 32.0. The number of nitrogens with zero attached hydrogens (tertiary/aromatic N) is 1. The minimum Gasteiger partial charge on any atom is -0.804 e. The molecule has 0 N–H and O–H groups in total. The Morgan fingerprint density at radius 2 is 1.54 bits per heavy atom. The Balaban J connectivity index is -0.000000500. The molecule has 0 rings (SSSR count). The van der Waals surface area contributed by atoms with Gasteiger partial charge in [-0.25, -0.2) is 0 Å². The Labute approximate surface area is 122 Å². The van der Waals surface area contributed by atoms with Crippen LogP contribution in [0.1, 0.15) is 13.8 Å². The predicted octanol–water partition coefficient (Wildman–Crippen LogP) is -6.63. The van der Waals surface area contributed by atoms with E-state index in [1.807, 2.05) is 0 Å². The van der Waals surface area contributed by atoms with Gasteiger partial charge in [0.15, 0.2) is 0 Å². The van der Waals surface area contributed by atoms with Crippen molar-refractivity contribution in [2.75, 3.05) is 13.1 Å². The first kappa shape index (κ1) is 20.1. The SMILES string of the molecule is CCN(CC)C(=O)P(=O)([O-])[O-].[Na+].[Na+]. The van der Waals surface area contributed by atoms with Crippen LogP contribution in [-0.2, 0) is 4.57 Å². The molecule has 0 aromatic heterocycles. The zero-order chi connectivity index (χ0) is 9.07. The van der Waals surface area contributed by atoms with E-state index in [1.54, 1.807) is 13.8 Å². The molecule has 66 valence electrons. The zero-order valence-electron chi connectivity index (χ0n) is 8.44. The molecular formula is C5H10NNa2O4P. The van der Waals surface area contributed by atoms with E-state index in [0.717, 1.165) is 4.90 Å². The van der Waals surface area contributed by atoms with Crippen LogP contribution in [0.2, 0.25) is 0 Å². The van der Waals surface area contributed by atoms with Gasteiger partial charge in [-0.3, -0.25) is 4.79 Å². The number of rotatable bonds is 3. The van der Waals surface area contributed by atoms with Gasteiger partial charge >= 0.3 is 59.1 Å². The molecule has 0 radical (unpaired) electrons. The Morgan fingerprint density at radius 1 is 1.23 bits per heavy atom. The Kier molecular flexibility index (Phi) is 13.7. The largest absolute Gasteiger partial charge is 1.00 e. The number of carbonyl (C=O) groups excluding carboxylic acids is 1. The molecule has 0 fully saturated rings. The quantitative estimate of drug-likeness (QED) is 0.353. The second-order valence-corrected chi connectivity index (χ2v) is 3.33. The number of carbonyl (C=O) groups is 1. The van der Waals surface area contributed by atoms with Gasteiger partial charge < -0.3 is 19.3 Å². The van der Waals surface area contributed by atoms with Gasteiger partial charge in [0.2, 0.25) is 0 Å². The van der Waals surface area contributed by atoms with Crippen LogP contribution < -0.4 is 68.9 Å². The second-order valence-electron chi connectivity index (χ2n) is 1.95. The molecule has 0 spiro atoms. The summed E-state index contributed by atoms with van der Waals surface area (Å²) in [5.41, 5.74) is -1.32. The minimum absolute atomic E-state index is 0. The molecule has 0 aliphatic rings. The Hall–Kier alpha value is 1.62. The van der Waals surface area contributed by atoms with Crippen LogP contribution in [0.25, 0.3) is 0 Å². The van der Waals surface area contributed by atoms with E-state index in [-0.39, 0.29) is 72.2 Å². The van der Waals surface area contributed by atoms with Crippen LogP contribution >= 0.6 is 7.60 Å². The summed E-state index contributed by atoms with van der Waals surface area (Å²) in [7, 11) is -5.06. The van der Waals surface area contributed by atoms with Gasteiger partial charge in [-0.15, -0.1) is 0 Å². The van der Waals surface area contributed by atoms with Crippen LogP contribution in [0.5, 0.6) is 0 Å². The van der Waals surface area contributed by atoms with Gasteiger partial charge in [0.25, 0.3) is 5.65 Å². The fraction of sp³-hybridized carbons (Fsp3) is 0.800. The maximum absolute atomic E-state index is 10.7. The van der Waals surface area contributed by atoms with Crippen LogP contribution in [0.4, 0.5) is 4.79 Å². The van der Waals surface area contributed by atoms with E-state index in [9.17, 15) is 19.1 Å². The molecule has 5 nitrogen and oxygen atoms in total. The first-order valence-corrected chi connectivity index (χ1v) is 4.79. The maximum atomic E-state index is 10.7. The van der Waals surface area contributed by atoms with Gasteiger partial charge in [0.1, 0.15) is 0 Å². The summed E-state index contributed by atoms with van der Waals surface area (Å²) in [6.07, 6.45) is 0. The fourth-order valence-corrected chi connectivity index (χ4v) is 1.30. The Bertz CT molecular complexity index is 191. The van der Waals surface area contributed by atoms with E-state index >= 15 is 0 Å². The van der Waals surface area contributed by atoms with Crippen LogP contribution in [0.15, 0.2) is 0 Å². The first-order valence-electron chi connectivity index (χ1n) is 3.25. The normalized spacial score (nSPS) is 9.54. The monoisotopic (exact) mass is 225 g/mol. The zero-order valence-corrected chi connectivity index (χ0v) is 13.3. The molecular weight excluding hydrogens is 215 g/mol. The molecule has 0 aliphatic heterocycles. The van der Waals surface area contributed by atoms with Crippen molar-refractivity contribution in [1.82, 2.24) is 4.90 Å². The molecule has 0 saturated carbocycles. The third kappa shape index (κ3) is 7.54. The predicted molar refractivity (Wildman–Crippen MR) is 35.9 cm³/mol. The number of hydrogen-bond donors (Lipinski definition) is 0. The summed E-state index contributed by atoms with van der Waals surface area (Å²) >= 11 is 0. The van der Waals surface area contributed by atoms with Crippen molar-refractivity contribution in [3.63, 3.8) is 0 Å². The van der Waals surface area contributed by atoms with Crippen LogP contribution in [0, 0.1) is 0 Å². The maximum Gasteiger partial charge on any atom is 1.00 e. The summed E-state index contributed by atoms with van der Waals surface area (Å²) in [5, 5.41) is 0. The topological polar surface area (TPSA) is 83.5 Å². The Morgan fingerprint density at radius 3 is 1.62 bits per heavy atom. The van der Waals surface area contributed by atoms with Crippen molar-refractivity contribution >= 4 is 13.2 Å². The first-order chi connectivity index (χ1) is 4.93. The smallest absolute Gasteiger partial charge is 0.804 e. The van der Waals surface area contributed by atoms with Gasteiger partial charge in [0, 0.05) is 20.7 Å². The third-order valence-electron chi connectivity index (χ3n) is 1.27. The van der Waals surface area contributed by atoms with E-state index in [2.05, 4.69) is 0 Å².